The highest BCUT2D eigenvalue weighted by Gasteiger charge is 2.40. The van der Waals surface area contributed by atoms with Crippen LogP contribution in [-0.2, 0) is 21.5 Å². The number of aromatic amines is 2. The fourth-order valence-electron chi connectivity index (χ4n) is 3.04. The molecule has 2 aromatic heterocycles. The summed E-state index contributed by atoms with van der Waals surface area (Å²) in [4.78, 5) is 19.9. The fourth-order valence-corrected chi connectivity index (χ4v) is 3.04. The Labute approximate surface area is 132 Å². The molecule has 1 aliphatic rings. The van der Waals surface area contributed by atoms with Gasteiger partial charge in [0.05, 0.1) is 24.7 Å². The topological polar surface area (TPSA) is 95.7 Å². The third kappa shape index (κ3) is 2.59. The molecule has 4 rings (SSSR count). The van der Waals surface area contributed by atoms with Crippen molar-refractivity contribution in [1.29, 1.82) is 0 Å². The molecule has 0 bridgehead atoms. The molecule has 3 heterocycles. The van der Waals surface area contributed by atoms with Crippen molar-refractivity contribution in [3.63, 3.8) is 0 Å². The number of amides is 1. The van der Waals surface area contributed by atoms with Gasteiger partial charge in [0.15, 0.2) is 0 Å². The van der Waals surface area contributed by atoms with Crippen molar-refractivity contribution in [3.8, 4) is 0 Å². The van der Waals surface area contributed by atoms with Crippen molar-refractivity contribution in [2.45, 2.75) is 18.4 Å². The van der Waals surface area contributed by atoms with Gasteiger partial charge in [-0.05, 0) is 17.7 Å². The monoisotopic (exact) mass is 311 g/mol. The summed E-state index contributed by atoms with van der Waals surface area (Å²) in [6.07, 6.45) is 6.23. The molecule has 7 heteroatoms. The van der Waals surface area contributed by atoms with E-state index in [-0.39, 0.29) is 5.91 Å². The first kappa shape index (κ1) is 14.0. The van der Waals surface area contributed by atoms with E-state index in [0.29, 0.717) is 26.1 Å². The van der Waals surface area contributed by atoms with Gasteiger partial charge < -0.3 is 15.0 Å². The molecule has 1 amide bonds. The lowest BCUT2D eigenvalue weighted by molar-refractivity contribution is -0.122. The zero-order valence-corrected chi connectivity index (χ0v) is 12.5. The largest absolute Gasteiger partial charge is 0.378 e. The van der Waals surface area contributed by atoms with Gasteiger partial charge in [-0.1, -0.05) is 6.07 Å². The van der Waals surface area contributed by atoms with Crippen LogP contribution in [0.25, 0.3) is 10.9 Å². The molecule has 1 atom stereocenters. The van der Waals surface area contributed by atoms with Gasteiger partial charge in [-0.2, -0.15) is 5.10 Å². The number of hydrogen-bond donors (Lipinski definition) is 3. The maximum absolute atomic E-state index is 12.5. The van der Waals surface area contributed by atoms with Crippen molar-refractivity contribution in [2.75, 3.05) is 13.2 Å². The molecule has 0 radical (unpaired) electrons. The highest BCUT2D eigenvalue weighted by Crippen LogP contribution is 2.28. The van der Waals surface area contributed by atoms with Gasteiger partial charge in [0.2, 0.25) is 5.91 Å². The molecule has 23 heavy (non-hydrogen) atoms. The zero-order chi connectivity index (χ0) is 15.7. The number of carbonyl (C=O) groups excluding carboxylic acids is 1. The number of fused-ring (bicyclic) bond motifs is 1. The number of carbonyl (C=O) groups is 1. The summed E-state index contributed by atoms with van der Waals surface area (Å²) in [6, 6.07) is 5.85. The Hall–Kier alpha value is -2.67. The molecule has 0 spiro atoms. The average molecular weight is 311 g/mol. The number of aromatic nitrogens is 4. The first-order valence-corrected chi connectivity index (χ1v) is 7.56. The number of H-pyrrole nitrogens is 2. The number of hydrogen-bond acceptors (Lipinski definition) is 4. The minimum Gasteiger partial charge on any atom is -0.378 e. The van der Waals surface area contributed by atoms with Gasteiger partial charge in [-0.25, -0.2) is 4.98 Å². The lowest BCUT2D eigenvalue weighted by Crippen LogP contribution is -2.47. The smallest absolute Gasteiger partial charge is 0.225 e. The van der Waals surface area contributed by atoms with E-state index in [1.165, 1.54) is 0 Å². The minimum absolute atomic E-state index is 0.0465. The van der Waals surface area contributed by atoms with Gasteiger partial charge in [-0.3, -0.25) is 9.89 Å². The normalized spacial score (nSPS) is 20.9. The molecule has 3 aromatic rings. The number of imidazole rings is 1. The molecule has 7 nitrogen and oxygen atoms in total. The number of ether oxygens (including phenoxy) is 1. The Morgan fingerprint density at radius 2 is 2.39 bits per heavy atom. The van der Waals surface area contributed by atoms with Gasteiger partial charge in [0, 0.05) is 30.8 Å². The van der Waals surface area contributed by atoms with E-state index >= 15 is 0 Å². The number of benzene rings is 1. The van der Waals surface area contributed by atoms with Gasteiger partial charge in [-0.15, -0.1) is 0 Å². The second-order valence-corrected chi connectivity index (χ2v) is 5.84. The minimum atomic E-state index is -0.555. The Balaban J connectivity index is 1.52. The van der Waals surface area contributed by atoms with Crippen LogP contribution >= 0.6 is 0 Å². The second-order valence-electron chi connectivity index (χ2n) is 5.84. The van der Waals surface area contributed by atoms with Gasteiger partial charge >= 0.3 is 0 Å². The Morgan fingerprint density at radius 1 is 1.43 bits per heavy atom. The molecule has 0 saturated carbocycles. The van der Waals surface area contributed by atoms with Crippen molar-refractivity contribution >= 4 is 16.8 Å². The number of nitrogens with one attached hydrogen (secondary N) is 3. The van der Waals surface area contributed by atoms with Crippen LogP contribution in [0, 0.1) is 0 Å². The molecule has 1 aliphatic heterocycles. The van der Waals surface area contributed by atoms with E-state index in [1.807, 2.05) is 18.2 Å². The van der Waals surface area contributed by atoms with Crippen LogP contribution in [0.1, 0.15) is 17.8 Å². The van der Waals surface area contributed by atoms with Crippen molar-refractivity contribution in [3.05, 3.63) is 48.2 Å². The molecule has 1 unspecified atom stereocenters. The quantitative estimate of drug-likeness (QED) is 0.676. The third-order valence-corrected chi connectivity index (χ3v) is 4.22. The Kier molecular flexibility index (Phi) is 3.34. The molecular formula is C16H17N5O2. The van der Waals surface area contributed by atoms with Crippen LogP contribution in [0.4, 0.5) is 0 Å². The maximum Gasteiger partial charge on any atom is 0.225 e. The van der Waals surface area contributed by atoms with E-state index in [4.69, 9.17) is 4.74 Å². The van der Waals surface area contributed by atoms with Crippen LogP contribution in [0.5, 0.6) is 0 Å². The zero-order valence-electron chi connectivity index (χ0n) is 12.5. The first-order valence-electron chi connectivity index (χ1n) is 7.56. The lowest BCUT2D eigenvalue weighted by Gasteiger charge is -2.26. The van der Waals surface area contributed by atoms with E-state index in [0.717, 1.165) is 22.3 Å². The summed E-state index contributed by atoms with van der Waals surface area (Å²) in [5.41, 5.74) is 1.36. The van der Waals surface area contributed by atoms with Crippen LogP contribution in [0.2, 0.25) is 0 Å². The molecule has 0 aliphatic carbocycles. The number of nitrogens with zero attached hydrogens (tertiary/aromatic N) is 2. The standard InChI is InChI=1S/C16H17N5O2/c22-14(8-11-1-2-13-12(7-11)9-19-21-13)20-16(3-6-23-10-16)15-17-4-5-18-15/h1-2,4-5,7,9H,3,6,8,10H2,(H,17,18)(H,19,21)(H,20,22). The van der Waals surface area contributed by atoms with E-state index < -0.39 is 5.54 Å². The molecular weight excluding hydrogens is 294 g/mol. The van der Waals surface area contributed by atoms with E-state index in [9.17, 15) is 4.79 Å². The van der Waals surface area contributed by atoms with Crippen LogP contribution < -0.4 is 5.32 Å². The highest BCUT2D eigenvalue weighted by atomic mass is 16.5. The summed E-state index contributed by atoms with van der Waals surface area (Å²) >= 11 is 0. The average Bonchev–Trinajstić information content (AvgIpc) is 3.28. The summed E-state index contributed by atoms with van der Waals surface area (Å²) < 4.78 is 5.50. The summed E-state index contributed by atoms with van der Waals surface area (Å²) in [7, 11) is 0. The Morgan fingerprint density at radius 3 is 3.17 bits per heavy atom. The van der Waals surface area contributed by atoms with Crippen molar-refractivity contribution < 1.29 is 9.53 Å². The predicted molar refractivity (Wildman–Crippen MR) is 83.6 cm³/mol. The van der Waals surface area contributed by atoms with E-state index in [1.54, 1.807) is 18.6 Å². The Bertz CT molecular complexity index is 818. The summed E-state index contributed by atoms with van der Waals surface area (Å²) in [5, 5.41) is 11.0. The highest BCUT2D eigenvalue weighted by molar-refractivity contribution is 5.83. The third-order valence-electron chi connectivity index (χ3n) is 4.22. The van der Waals surface area contributed by atoms with E-state index in [2.05, 4.69) is 25.5 Å². The first-order chi connectivity index (χ1) is 11.3. The van der Waals surface area contributed by atoms with Gasteiger partial charge in [0.1, 0.15) is 11.4 Å². The van der Waals surface area contributed by atoms with Crippen molar-refractivity contribution in [1.82, 2.24) is 25.5 Å². The molecule has 1 aromatic carbocycles. The lowest BCUT2D eigenvalue weighted by atomic mass is 9.97. The SMILES string of the molecule is O=C(Cc1ccc2[nH]ncc2c1)NC1(c2ncc[nH]2)CCOC1. The predicted octanol–water partition coefficient (Wildman–Crippen LogP) is 1.26. The summed E-state index contributed by atoms with van der Waals surface area (Å²) in [6.45, 7) is 1.05. The van der Waals surface area contributed by atoms with Crippen LogP contribution in [0.3, 0.4) is 0 Å². The van der Waals surface area contributed by atoms with Crippen LogP contribution in [-0.4, -0.2) is 39.3 Å². The molecule has 3 N–H and O–H groups in total. The van der Waals surface area contributed by atoms with Crippen molar-refractivity contribution in [2.24, 2.45) is 0 Å². The fraction of sp³-hybridized carbons (Fsp3) is 0.312. The van der Waals surface area contributed by atoms with Gasteiger partial charge in [0.25, 0.3) is 0 Å². The summed E-state index contributed by atoms with van der Waals surface area (Å²) in [5.74, 6) is 0.698. The number of rotatable bonds is 4. The maximum atomic E-state index is 12.5. The molecule has 118 valence electrons. The molecule has 1 fully saturated rings. The second kappa shape index (κ2) is 5.51. The van der Waals surface area contributed by atoms with Crippen LogP contribution in [0.15, 0.2) is 36.8 Å². The molecule has 1 saturated heterocycles.